The van der Waals surface area contributed by atoms with Gasteiger partial charge in [-0.15, -0.1) is 0 Å². The molecule has 1 aliphatic carbocycles. The molecule has 0 unspecified atom stereocenters. The van der Waals surface area contributed by atoms with E-state index in [1.165, 1.54) is 45.1 Å². The molecule has 1 N–H and O–H groups in total. The summed E-state index contributed by atoms with van der Waals surface area (Å²) in [5.74, 6) is 0. The van der Waals surface area contributed by atoms with Gasteiger partial charge >= 0.3 is 0 Å². The van der Waals surface area contributed by atoms with Crippen molar-refractivity contribution >= 4 is 0 Å². The van der Waals surface area contributed by atoms with Crippen LogP contribution in [0.4, 0.5) is 0 Å². The topological polar surface area (TPSA) is 21.9 Å². The molecule has 0 atom stereocenters. The Hall–Kier alpha value is -0.0400. The van der Waals surface area contributed by atoms with Crippen LogP contribution in [0.5, 0.6) is 0 Å². The van der Waals surface area contributed by atoms with Crippen LogP contribution in [-0.2, 0) is 0 Å². The van der Waals surface area contributed by atoms with Crippen molar-refractivity contribution in [1.29, 1.82) is 0 Å². The standard InChI is InChI=1S/C8H15N/c1-2-4-6-8(5-3-1)7-9-8/h9H,1-7H2. The van der Waals surface area contributed by atoms with Gasteiger partial charge in [0.2, 0.25) is 0 Å². The summed E-state index contributed by atoms with van der Waals surface area (Å²) >= 11 is 0. The van der Waals surface area contributed by atoms with Crippen molar-refractivity contribution in [2.45, 2.75) is 44.1 Å². The predicted octanol–water partition coefficient (Wildman–Crippen LogP) is 1.68. The van der Waals surface area contributed by atoms with Gasteiger partial charge in [0, 0.05) is 12.1 Å². The third kappa shape index (κ3) is 1.11. The van der Waals surface area contributed by atoms with Gasteiger partial charge in [-0.05, 0) is 12.8 Å². The Kier molecular flexibility index (Phi) is 1.26. The largest absolute Gasteiger partial charge is 0.308 e. The molecule has 1 saturated heterocycles. The number of hydrogen-bond donors (Lipinski definition) is 1. The molecule has 1 nitrogen and oxygen atoms in total. The zero-order valence-electron chi connectivity index (χ0n) is 5.95. The zero-order valence-corrected chi connectivity index (χ0v) is 5.95. The Bertz CT molecular complexity index is 95.1. The van der Waals surface area contributed by atoms with Crippen LogP contribution in [0.1, 0.15) is 38.5 Å². The molecule has 0 aromatic rings. The second kappa shape index (κ2) is 1.98. The van der Waals surface area contributed by atoms with Crippen LogP contribution >= 0.6 is 0 Å². The fourth-order valence-electron chi connectivity index (χ4n) is 1.88. The lowest BCUT2D eigenvalue weighted by molar-refractivity contribution is 0.541. The van der Waals surface area contributed by atoms with Crippen LogP contribution in [0, 0.1) is 0 Å². The highest BCUT2D eigenvalue weighted by atomic mass is 15.2. The molecule has 2 rings (SSSR count). The molecule has 2 fully saturated rings. The molecule has 1 heterocycles. The van der Waals surface area contributed by atoms with E-state index in [-0.39, 0.29) is 0 Å². The van der Waals surface area contributed by atoms with E-state index in [1.54, 1.807) is 0 Å². The highest BCUT2D eigenvalue weighted by Crippen LogP contribution is 2.33. The van der Waals surface area contributed by atoms with Crippen molar-refractivity contribution in [2.24, 2.45) is 0 Å². The van der Waals surface area contributed by atoms with E-state index >= 15 is 0 Å². The van der Waals surface area contributed by atoms with Gasteiger partial charge in [0.15, 0.2) is 0 Å². The summed E-state index contributed by atoms with van der Waals surface area (Å²) in [5.41, 5.74) is 0.663. The van der Waals surface area contributed by atoms with Gasteiger partial charge < -0.3 is 5.32 Å². The van der Waals surface area contributed by atoms with E-state index in [1.807, 2.05) is 0 Å². The molecule has 0 aromatic carbocycles. The first-order valence-electron chi connectivity index (χ1n) is 4.16. The maximum absolute atomic E-state index is 3.49. The van der Waals surface area contributed by atoms with Gasteiger partial charge in [0.25, 0.3) is 0 Å². The van der Waals surface area contributed by atoms with Gasteiger partial charge in [0.05, 0.1) is 0 Å². The molecule has 1 heteroatoms. The SMILES string of the molecule is C1CCCC2(CC1)CN2. The van der Waals surface area contributed by atoms with Gasteiger partial charge in [-0.1, -0.05) is 25.7 Å². The van der Waals surface area contributed by atoms with Crippen molar-refractivity contribution < 1.29 is 0 Å². The van der Waals surface area contributed by atoms with E-state index in [4.69, 9.17) is 0 Å². The van der Waals surface area contributed by atoms with Crippen molar-refractivity contribution in [3.63, 3.8) is 0 Å². The minimum absolute atomic E-state index is 0.663. The molecule has 0 amide bonds. The highest BCUT2D eigenvalue weighted by Gasteiger charge is 2.40. The monoisotopic (exact) mass is 125 g/mol. The minimum atomic E-state index is 0.663. The molecular weight excluding hydrogens is 110 g/mol. The summed E-state index contributed by atoms with van der Waals surface area (Å²) < 4.78 is 0. The summed E-state index contributed by atoms with van der Waals surface area (Å²) in [6.07, 6.45) is 8.78. The predicted molar refractivity (Wildman–Crippen MR) is 38.4 cm³/mol. The fourth-order valence-corrected chi connectivity index (χ4v) is 1.88. The van der Waals surface area contributed by atoms with Gasteiger partial charge in [0.1, 0.15) is 0 Å². The first-order valence-corrected chi connectivity index (χ1v) is 4.16. The van der Waals surface area contributed by atoms with Crippen molar-refractivity contribution in [2.75, 3.05) is 6.54 Å². The molecule has 52 valence electrons. The maximum Gasteiger partial charge on any atom is 0.0307 e. The van der Waals surface area contributed by atoms with Gasteiger partial charge in [-0.3, -0.25) is 0 Å². The van der Waals surface area contributed by atoms with Crippen LogP contribution in [0.15, 0.2) is 0 Å². The zero-order chi connectivity index (χ0) is 6.16. The summed E-state index contributed by atoms with van der Waals surface area (Å²) in [5, 5.41) is 3.49. The molecule has 9 heavy (non-hydrogen) atoms. The van der Waals surface area contributed by atoms with E-state index in [2.05, 4.69) is 5.32 Å². The molecule has 1 saturated carbocycles. The van der Waals surface area contributed by atoms with E-state index in [0.717, 1.165) is 0 Å². The average molecular weight is 125 g/mol. The second-order valence-corrected chi connectivity index (χ2v) is 3.55. The second-order valence-electron chi connectivity index (χ2n) is 3.55. The third-order valence-corrected chi connectivity index (χ3v) is 2.74. The molecule has 1 spiro atoms. The quantitative estimate of drug-likeness (QED) is 0.489. The van der Waals surface area contributed by atoms with E-state index < -0.39 is 0 Å². The van der Waals surface area contributed by atoms with Crippen LogP contribution in [0.2, 0.25) is 0 Å². The smallest absolute Gasteiger partial charge is 0.0307 e. The van der Waals surface area contributed by atoms with Gasteiger partial charge in [-0.25, -0.2) is 0 Å². The summed E-state index contributed by atoms with van der Waals surface area (Å²) in [6, 6.07) is 0. The normalized spacial score (nSPS) is 32.0. The summed E-state index contributed by atoms with van der Waals surface area (Å²) in [7, 11) is 0. The number of hydrogen-bond acceptors (Lipinski definition) is 1. The van der Waals surface area contributed by atoms with Crippen molar-refractivity contribution in [3.05, 3.63) is 0 Å². The molecule has 2 aliphatic rings. The molecule has 0 radical (unpaired) electrons. The average Bonchev–Trinajstić information content (AvgIpc) is 2.64. The number of nitrogens with one attached hydrogen (secondary N) is 1. The van der Waals surface area contributed by atoms with E-state index in [9.17, 15) is 0 Å². The lowest BCUT2D eigenvalue weighted by atomic mass is 10.0. The number of rotatable bonds is 0. The Morgan fingerprint density at radius 2 is 1.44 bits per heavy atom. The lowest BCUT2D eigenvalue weighted by Gasteiger charge is -2.06. The van der Waals surface area contributed by atoms with Crippen molar-refractivity contribution in [1.82, 2.24) is 5.32 Å². The van der Waals surface area contributed by atoms with Crippen LogP contribution in [0.3, 0.4) is 0 Å². The van der Waals surface area contributed by atoms with Crippen LogP contribution in [0.25, 0.3) is 0 Å². The fraction of sp³-hybridized carbons (Fsp3) is 1.00. The Labute approximate surface area is 56.8 Å². The maximum atomic E-state index is 3.49. The first kappa shape index (κ1) is 5.72. The van der Waals surface area contributed by atoms with Crippen molar-refractivity contribution in [3.8, 4) is 0 Å². The molecule has 0 bridgehead atoms. The molecule has 1 aliphatic heterocycles. The Morgan fingerprint density at radius 1 is 0.889 bits per heavy atom. The Morgan fingerprint density at radius 3 is 1.89 bits per heavy atom. The van der Waals surface area contributed by atoms with Crippen LogP contribution < -0.4 is 5.32 Å². The molecular formula is C8H15N. The molecule has 0 aromatic heterocycles. The third-order valence-electron chi connectivity index (χ3n) is 2.74. The summed E-state index contributed by atoms with van der Waals surface area (Å²) in [4.78, 5) is 0. The van der Waals surface area contributed by atoms with Crippen LogP contribution in [-0.4, -0.2) is 12.1 Å². The Balaban J connectivity index is 1.92. The minimum Gasteiger partial charge on any atom is -0.308 e. The lowest BCUT2D eigenvalue weighted by Crippen LogP contribution is -2.12. The first-order chi connectivity index (χ1) is 4.41. The summed E-state index contributed by atoms with van der Waals surface area (Å²) in [6.45, 7) is 1.31. The van der Waals surface area contributed by atoms with E-state index in [0.29, 0.717) is 5.54 Å². The highest BCUT2D eigenvalue weighted by molar-refractivity contribution is 5.03. The van der Waals surface area contributed by atoms with Gasteiger partial charge in [-0.2, -0.15) is 0 Å².